The Kier molecular flexibility index (Phi) is 8.33. The van der Waals surface area contributed by atoms with E-state index in [1.165, 1.54) is 12.1 Å². The van der Waals surface area contributed by atoms with Crippen molar-refractivity contribution in [1.82, 2.24) is 5.32 Å². The first-order valence-electron chi connectivity index (χ1n) is 8.11. The number of aliphatic hydroxyl groups excluding tert-OH is 1. The quantitative estimate of drug-likeness (QED) is 0.263. The molecule has 1 aromatic carbocycles. The largest absolute Gasteiger partial charge is 0.481 e. The molecule has 0 spiro atoms. The van der Waals surface area contributed by atoms with Crippen LogP contribution < -0.4 is 16.4 Å². The Morgan fingerprint density at radius 2 is 1.92 bits per heavy atom. The molecule has 0 aromatic heterocycles. The van der Waals surface area contributed by atoms with Crippen molar-refractivity contribution in [2.75, 3.05) is 36.5 Å². The maximum absolute atomic E-state index is 12.2. The molecule has 1 amide bonds. The van der Waals surface area contributed by atoms with Crippen LogP contribution in [0.3, 0.4) is 0 Å². The zero-order valence-electron chi connectivity index (χ0n) is 14.6. The topological polar surface area (TPSA) is 159 Å². The lowest BCUT2D eigenvalue weighted by Gasteiger charge is -2.14. The van der Waals surface area contributed by atoms with Crippen molar-refractivity contribution in [2.24, 2.45) is 5.92 Å². The van der Waals surface area contributed by atoms with Crippen molar-refractivity contribution in [3.63, 3.8) is 0 Å². The van der Waals surface area contributed by atoms with Gasteiger partial charge in [0, 0.05) is 31.6 Å². The Labute approximate surface area is 152 Å². The normalized spacial score (nSPS) is 12.4. The minimum absolute atomic E-state index is 0.00652. The third-order valence-corrected chi connectivity index (χ3v) is 5.25. The van der Waals surface area contributed by atoms with Crippen LogP contribution in [-0.2, 0) is 19.4 Å². The van der Waals surface area contributed by atoms with Crippen LogP contribution in [-0.4, -0.2) is 56.0 Å². The summed E-state index contributed by atoms with van der Waals surface area (Å²) in [4.78, 5) is 22.3. The number of aliphatic carboxylic acids is 1. The van der Waals surface area contributed by atoms with Gasteiger partial charge in [-0.2, -0.15) is 0 Å². The Balaban J connectivity index is 2.58. The van der Waals surface area contributed by atoms with Crippen molar-refractivity contribution in [2.45, 2.75) is 24.7 Å². The van der Waals surface area contributed by atoms with E-state index in [4.69, 9.17) is 15.9 Å². The first-order chi connectivity index (χ1) is 12.2. The van der Waals surface area contributed by atoms with Crippen LogP contribution in [0.2, 0.25) is 0 Å². The minimum atomic E-state index is -3.68. The average Bonchev–Trinajstić information content (AvgIpc) is 2.51. The minimum Gasteiger partial charge on any atom is -0.481 e. The summed E-state index contributed by atoms with van der Waals surface area (Å²) in [5.74, 6) is -1.91. The molecule has 1 unspecified atom stereocenters. The molecule has 6 N–H and O–H groups in total. The second-order valence-electron chi connectivity index (χ2n) is 5.98. The molecule has 0 saturated heterocycles. The fraction of sp³-hybridized carbons (Fsp3) is 0.500. The number of aliphatic hydroxyl groups is 1. The molecule has 0 radical (unpaired) electrons. The predicted octanol–water partition coefficient (Wildman–Crippen LogP) is 0.0638. The average molecular weight is 387 g/mol. The molecular formula is C16H25N3O6S. The maximum atomic E-state index is 12.2. The lowest BCUT2D eigenvalue weighted by molar-refractivity contribution is -0.138. The Hall–Kier alpha value is -2.33. The van der Waals surface area contributed by atoms with Crippen LogP contribution in [0.25, 0.3) is 0 Å². The number of benzene rings is 1. The first-order valence-corrected chi connectivity index (χ1v) is 9.76. The van der Waals surface area contributed by atoms with E-state index in [1.807, 2.05) is 0 Å². The summed E-state index contributed by atoms with van der Waals surface area (Å²) in [6.07, 6.45) is 0.0213. The summed E-state index contributed by atoms with van der Waals surface area (Å²) in [5.41, 5.74) is 6.26. The van der Waals surface area contributed by atoms with Gasteiger partial charge in [-0.05, 0) is 24.1 Å². The lowest BCUT2D eigenvalue weighted by atomic mass is 10.0. The highest BCUT2D eigenvalue weighted by Gasteiger charge is 2.18. The highest BCUT2D eigenvalue weighted by atomic mass is 32.2. The summed E-state index contributed by atoms with van der Waals surface area (Å²) in [5, 5.41) is 23.1. The van der Waals surface area contributed by atoms with Crippen molar-refractivity contribution < 1.29 is 28.2 Å². The van der Waals surface area contributed by atoms with Gasteiger partial charge < -0.3 is 26.6 Å². The number of rotatable bonds is 11. The van der Waals surface area contributed by atoms with Crippen LogP contribution in [0.15, 0.2) is 23.1 Å². The molecule has 0 aliphatic rings. The summed E-state index contributed by atoms with van der Waals surface area (Å²) in [7, 11) is -3.68. The number of amides is 1. The van der Waals surface area contributed by atoms with Gasteiger partial charge in [0.1, 0.15) is 0 Å². The molecule has 0 fully saturated rings. The van der Waals surface area contributed by atoms with Gasteiger partial charge in [0.2, 0.25) is 5.91 Å². The summed E-state index contributed by atoms with van der Waals surface area (Å²) >= 11 is 0. The van der Waals surface area contributed by atoms with Gasteiger partial charge in [-0.3, -0.25) is 9.59 Å². The van der Waals surface area contributed by atoms with E-state index in [-0.39, 0.29) is 48.3 Å². The van der Waals surface area contributed by atoms with Crippen LogP contribution >= 0.6 is 0 Å². The van der Waals surface area contributed by atoms with Crippen LogP contribution in [0.1, 0.15) is 19.8 Å². The van der Waals surface area contributed by atoms with Gasteiger partial charge in [0.05, 0.1) is 22.9 Å². The summed E-state index contributed by atoms with van der Waals surface area (Å²) in [6, 6.07) is 4.39. The zero-order valence-corrected chi connectivity index (χ0v) is 15.4. The van der Waals surface area contributed by atoms with Gasteiger partial charge in [0.25, 0.3) is 0 Å². The van der Waals surface area contributed by atoms with Gasteiger partial charge >= 0.3 is 5.97 Å². The van der Waals surface area contributed by atoms with E-state index in [1.54, 1.807) is 13.0 Å². The molecule has 0 aliphatic heterocycles. The lowest BCUT2D eigenvalue weighted by Crippen LogP contribution is -2.30. The number of hydrogen-bond acceptors (Lipinski definition) is 7. The highest BCUT2D eigenvalue weighted by Crippen LogP contribution is 2.24. The Morgan fingerprint density at radius 1 is 1.23 bits per heavy atom. The molecule has 1 aromatic rings. The molecule has 0 heterocycles. The molecule has 9 nitrogen and oxygen atoms in total. The molecule has 10 heteroatoms. The number of sulfone groups is 1. The van der Waals surface area contributed by atoms with Crippen LogP contribution in [0.5, 0.6) is 0 Å². The van der Waals surface area contributed by atoms with Crippen molar-refractivity contribution in [1.29, 1.82) is 0 Å². The number of anilines is 2. The summed E-state index contributed by atoms with van der Waals surface area (Å²) < 4.78 is 24.4. The molecule has 0 aliphatic carbocycles. The third kappa shape index (κ3) is 7.28. The van der Waals surface area contributed by atoms with Crippen molar-refractivity contribution in [3.8, 4) is 0 Å². The molecule has 1 rings (SSSR count). The fourth-order valence-electron chi connectivity index (χ4n) is 2.33. The fourth-order valence-corrected chi connectivity index (χ4v) is 3.58. The van der Waals surface area contributed by atoms with Crippen LogP contribution in [0.4, 0.5) is 11.4 Å². The van der Waals surface area contributed by atoms with Gasteiger partial charge in [-0.15, -0.1) is 0 Å². The molecular weight excluding hydrogens is 362 g/mol. The van der Waals surface area contributed by atoms with E-state index in [0.29, 0.717) is 5.69 Å². The van der Waals surface area contributed by atoms with E-state index >= 15 is 0 Å². The van der Waals surface area contributed by atoms with Crippen LogP contribution in [0, 0.1) is 5.92 Å². The van der Waals surface area contributed by atoms with Crippen molar-refractivity contribution in [3.05, 3.63) is 18.2 Å². The SMILES string of the molecule is CC(CC(=O)O)CC(=O)NCCNc1ccc(N)cc1S(=O)(=O)CCO. The van der Waals surface area contributed by atoms with Gasteiger partial charge in [0.15, 0.2) is 9.84 Å². The molecule has 1 atom stereocenters. The van der Waals surface area contributed by atoms with E-state index in [0.717, 1.165) is 0 Å². The molecule has 26 heavy (non-hydrogen) atoms. The predicted molar refractivity (Wildman–Crippen MR) is 97.5 cm³/mol. The Morgan fingerprint density at radius 3 is 2.54 bits per heavy atom. The smallest absolute Gasteiger partial charge is 0.303 e. The van der Waals surface area contributed by atoms with E-state index in [2.05, 4.69) is 10.6 Å². The zero-order chi connectivity index (χ0) is 19.7. The monoisotopic (exact) mass is 387 g/mol. The number of nitrogens with one attached hydrogen (secondary N) is 2. The number of nitrogens with two attached hydrogens (primary N) is 1. The number of carboxylic acid groups (broad SMARTS) is 1. The second-order valence-corrected chi connectivity index (χ2v) is 8.06. The number of carbonyl (C=O) groups excluding carboxylic acids is 1. The highest BCUT2D eigenvalue weighted by molar-refractivity contribution is 7.91. The first kappa shape index (κ1) is 21.7. The van der Waals surface area contributed by atoms with Crippen molar-refractivity contribution >= 4 is 33.1 Å². The number of carbonyl (C=O) groups is 2. The standard InChI is InChI=1S/C16H25N3O6S/c1-11(9-16(22)23)8-15(21)19-5-4-18-13-3-2-12(17)10-14(13)26(24,25)7-6-20/h2-3,10-11,18,20H,4-9,17H2,1H3,(H,19,21)(H,22,23). The molecule has 146 valence electrons. The number of nitrogen functional groups attached to an aromatic ring is 1. The second kappa shape index (κ2) is 9.97. The van der Waals surface area contributed by atoms with Gasteiger partial charge in [-0.1, -0.05) is 6.92 Å². The van der Waals surface area contributed by atoms with E-state index in [9.17, 15) is 18.0 Å². The summed E-state index contributed by atoms with van der Waals surface area (Å²) in [6.45, 7) is 1.69. The Bertz CT molecular complexity index is 736. The molecule has 0 saturated carbocycles. The van der Waals surface area contributed by atoms with E-state index < -0.39 is 28.2 Å². The maximum Gasteiger partial charge on any atom is 0.303 e. The third-order valence-electron chi connectivity index (χ3n) is 3.52. The number of hydrogen-bond donors (Lipinski definition) is 5. The van der Waals surface area contributed by atoms with Gasteiger partial charge in [-0.25, -0.2) is 8.42 Å². The number of carboxylic acids is 1. The molecule has 0 bridgehead atoms.